The largest absolute Gasteiger partial charge is 0.489 e. The molecule has 2 aromatic rings. The van der Waals surface area contributed by atoms with Gasteiger partial charge in [0.15, 0.2) is 0 Å². The molecule has 0 bridgehead atoms. The summed E-state index contributed by atoms with van der Waals surface area (Å²) >= 11 is 0. The van der Waals surface area contributed by atoms with Crippen molar-refractivity contribution in [3.05, 3.63) is 65.7 Å². The Morgan fingerprint density at radius 1 is 1.03 bits per heavy atom. The Kier molecular flexibility index (Phi) is 6.11. The summed E-state index contributed by atoms with van der Waals surface area (Å²) in [5.41, 5.74) is 1.33. The van der Waals surface area contributed by atoms with Crippen molar-refractivity contribution in [1.82, 2.24) is 4.90 Å². The summed E-state index contributed by atoms with van der Waals surface area (Å²) in [6.45, 7) is 6.30. The van der Waals surface area contributed by atoms with Gasteiger partial charge in [-0.15, -0.1) is 0 Å². The SMILES string of the molecule is CC(C)(C)OC(=O)N1CC(C(=O)O)C(c2ccc(OCc3ccccc3)cc2)C1. The number of hydrogen-bond acceptors (Lipinski definition) is 4. The third kappa shape index (κ3) is 5.50. The third-order valence-electron chi connectivity index (χ3n) is 4.85. The first-order valence-corrected chi connectivity index (χ1v) is 9.70. The predicted molar refractivity (Wildman–Crippen MR) is 109 cm³/mol. The summed E-state index contributed by atoms with van der Waals surface area (Å²) in [4.78, 5) is 25.6. The van der Waals surface area contributed by atoms with Crippen LogP contribution in [-0.2, 0) is 16.1 Å². The van der Waals surface area contributed by atoms with Crippen LogP contribution in [0.25, 0.3) is 0 Å². The number of rotatable bonds is 5. The molecule has 2 atom stereocenters. The van der Waals surface area contributed by atoms with Crippen LogP contribution in [-0.4, -0.2) is 40.8 Å². The van der Waals surface area contributed by atoms with Crippen molar-refractivity contribution in [2.75, 3.05) is 13.1 Å². The lowest BCUT2D eigenvalue weighted by Crippen LogP contribution is -2.35. The van der Waals surface area contributed by atoms with Gasteiger partial charge in [0.2, 0.25) is 0 Å². The summed E-state index contributed by atoms with van der Waals surface area (Å²) in [7, 11) is 0. The van der Waals surface area contributed by atoms with Crippen LogP contribution in [0.15, 0.2) is 54.6 Å². The molecule has 2 aromatic carbocycles. The van der Waals surface area contributed by atoms with E-state index in [1.165, 1.54) is 4.90 Å². The lowest BCUT2D eigenvalue weighted by atomic mass is 9.89. The van der Waals surface area contributed by atoms with Crippen molar-refractivity contribution in [2.24, 2.45) is 5.92 Å². The van der Waals surface area contributed by atoms with Gasteiger partial charge in [-0.25, -0.2) is 4.79 Å². The summed E-state index contributed by atoms with van der Waals surface area (Å²) in [6.07, 6.45) is -0.478. The number of ether oxygens (including phenoxy) is 2. The van der Waals surface area contributed by atoms with Crippen molar-refractivity contribution < 1.29 is 24.2 Å². The normalized spacial score (nSPS) is 19.1. The quantitative estimate of drug-likeness (QED) is 0.814. The summed E-state index contributed by atoms with van der Waals surface area (Å²) < 4.78 is 11.2. The molecule has 3 rings (SSSR count). The maximum atomic E-state index is 12.4. The number of hydrogen-bond donors (Lipinski definition) is 1. The second kappa shape index (κ2) is 8.55. The highest BCUT2D eigenvalue weighted by Crippen LogP contribution is 2.34. The van der Waals surface area contributed by atoms with E-state index in [4.69, 9.17) is 9.47 Å². The second-order valence-corrected chi connectivity index (χ2v) is 8.28. The standard InChI is InChI=1S/C23H27NO5/c1-23(2,3)29-22(27)24-13-19(20(14-24)21(25)26)17-9-11-18(12-10-17)28-15-16-7-5-4-6-8-16/h4-12,19-20H,13-15H2,1-3H3,(H,25,26). The van der Waals surface area contributed by atoms with Crippen LogP contribution in [0.3, 0.4) is 0 Å². The minimum absolute atomic E-state index is 0.140. The highest BCUT2D eigenvalue weighted by molar-refractivity contribution is 5.76. The lowest BCUT2D eigenvalue weighted by Gasteiger charge is -2.24. The first-order chi connectivity index (χ1) is 13.7. The average Bonchev–Trinajstić information content (AvgIpc) is 3.12. The van der Waals surface area contributed by atoms with Crippen molar-refractivity contribution >= 4 is 12.1 Å². The monoisotopic (exact) mass is 397 g/mol. The Hall–Kier alpha value is -3.02. The van der Waals surface area contributed by atoms with Gasteiger partial charge in [0.1, 0.15) is 18.0 Å². The fourth-order valence-corrected chi connectivity index (χ4v) is 3.42. The number of likely N-dealkylation sites (tertiary alicyclic amines) is 1. The minimum Gasteiger partial charge on any atom is -0.489 e. The van der Waals surface area contributed by atoms with Gasteiger partial charge in [-0.2, -0.15) is 0 Å². The molecule has 1 N–H and O–H groups in total. The van der Waals surface area contributed by atoms with E-state index in [0.717, 1.165) is 11.1 Å². The van der Waals surface area contributed by atoms with Gasteiger partial charge in [-0.3, -0.25) is 4.79 Å². The second-order valence-electron chi connectivity index (χ2n) is 8.28. The number of carbonyl (C=O) groups excluding carboxylic acids is 1. The molecule has 0 aromatic heterocycles. The molecule has 0 aliphatic carbocycles. The van der Waals surface area contributed by atoms with Gasteiger partial charge >= 0.3 is 12.1 Å². The maximum Gasteiger partial charge on any atom is 0.410 e. The number of aliphatic carboxylic acids is 1. The number of nitrogens with zero attached hydrogens (tertiary/aromatic N) is 1. The number of benzene rings is 2. The van der Waals surface area contributed by atoms with Crippen molar-refractivity contribution in [3.63, 3.8) is 0 Å². The van der Waals surface area contributed by atoms with Gasteiger partial charge in [-0.1, -0.05) is 42.5 Å². The van der Waals surface area contributed by atoms with Crippen LogP contribution in [0, 0.1) is 5.92 Å². The molecule has 1 fully saturated rings. The lowest BCUT2D eigenvalue weighted by molar-refractivity contribution is -0.141. The topological polar surface area (TPSA) is 76.1 Å². The smallest absolute Gasteiger partial charge is 0.410 e. The Bertz CT molecular complexity index is 842. The van der Waals surface area contributed by atoms with Gasteiger partial charge in [-0.05, 0) is 44.0 Å². The Morgan fingerprint density at radius 3 is 2.28 bits per heavy atom. The molecular formula is C23H27NO5. The van der Waals surface area contributed by atoms with Gasteiger partial charge in [0.25, 0.3) is 0 Å². The molecule has 154 valence electrons. The predicted octanol–water partition coefficient (Wildman–Crippen LogP) is 4.30. The number of amides is 1. The number of carbonyl (C=O) groups is 2. The number of carboxylic acids is 1. The molecule has 0 spiro atoms. The zero-order valence-corrected chi connectivity index (χ0v) is 17.0. The van der Waals surface area contributed by atoms with Crippen LogP contribution in [0.4, 0.5) is 4.79 Å². The Balaban J connectivity index is 1.67. The molecule has 1 aliphatic rings. The first kappa shape index (κ1) is 20.7. The highest BCUT2D eigenvalue weighted by atomic mass is 16.6. The third-order valence-corrected chi connectivity index (χ3v) is 4.85. The van der Waals surface area contributed by atoms with Crippen LogP contribution >= 0.6 is 0 Å². The van der Waals surface area contributed by atoms with E-state index in [9.17, 15) is 14.7 Å². The van der Waals surface area contributed by atoms with E-state index < -0.39 is 23.6 Å². The molecule has 1 amide bonds. The van der Waals surface area contributed by atoms with Crippen molar-refractivity contribution in [1.29, 1.82) is 0 Å². The van der Waals surface area contributed by atoms with Gasteiger partial charge in [0.05, 0.1) is 5.92 Å². The van der Waals surface area contributed by atoms with E-state index in [-0.39, 0.29) is 12.5 Å². The zero-order valence-electron chi connectivity index (χ0n) is 17.0. The molecule has 1 aliphatic heterocycles. The van der Waals surface area contributed by atoms with Crippen LogP contribution in [0.1, 0.15) is 37.8 Å². The van der Waals surface area contributed by atoms with E-state index >= 15 is 0 Å². The zero-order chi connectivity index (χ0) is 21.0. The fraction of sp³-hybridized carbons (Fsp3) is 0.391. The van der Waals surface area contributed by atoms with Crippen molar-refractivity contribution in [2.45, 2.75) is 38.9 Å². The molecule has 2 unspecified atom stereocenters. The van der Waals surface area contributed by atoms with E-state index in [1.807, 2.05) is 54.6 Å². The molecule has 0 saturated carbocycles. The number of carboxylic acid groups (broad SMARTS) is 1. The molecule has 6 nitrogen and oxygen atoms in total. The van der Waals surface area contributed by atoms with E-state index in [1.54, 1.807) is 20.8 Å². The highest BCUT2D eigenvalue weighted by Gasteiger charge is 2.41. The fourth-order valence-electron chi connectivity index (χ4n) is 3.42. The molecular weight excluding hydrogens is 370 g/mol. The molecule has 0 radical (unpaired) electrons. The maximum absolute atomic E-state index is 12.4. The summed E-state index contributed by atoms with van der Waals surface area (Å²) in [5.74, 6) is -1.15. The average molecular weight is 397 g/mol. The molecule has 29 heavy (non-hydrogen) atoms. The summed E-state index contributed by atoms with van der Waals surface area (Å²) in [5, 5.41) is 9.64. The van der Waals surface area contributed by atoms with E-state index in [0.29, 0.717) is 18.9 Å². The van der Waals surface area contributed by atoms with Crippen LogP contribution in [0.5, 0.6) is 5.75 Å². The summed E-state index contributed by atoms with van der Waals surface area (Å²) in [6, 6.07) is 17.3. The van der Waals surface area contributed by atoms with Gasteiger partial charge in [0, 0.05) is 19.0 Å². The molecule has 1 heterocycles. The Morgan fingerprint density at radius 2 is 1.69 bits per heavy atom. The minimum atomic E-state index is -0.912. The molecule has 1 saturated heterocycles. The van der Waals surface area contributed by atoms with Gasteiger partial charge < -0.3 is 19.5 Å². The van der Waals surface area contributed by atoms with Crippen molar-refractivity contribution in [3.8, 4) is 5.75 Å². The van der Waals surface area contributed by atoms with Crippen LogP contribution < -0.4 is 4.74 Å². The Labute approximate surface area is 171 Å². The first-order valence-electron chi connectivity index (χ1n) is 9.70. The van der Waals surface area contributed by atoms with E-state index in [2.05, 4.69) is 0 Å². The molecule has 6 heteroatoms. The van der Waals surface area contributed by atoms with Crippen LogP contribution in [0.2, 0.25) is 0 Å².